The summed E-state index contributed by atoms with van der Waals surface area (Å²) in [5.74, 6) is -0.751. The highest BCUT2D eigenvalue weighted by Gasteiger charge is 2.33. The van der Waals surface area contributed by atoms with Crippen LogP contribution in [0.25, 0.3) is 0 Å². The molecule has 0 radical (unpaired) electrons. The number of para-hydroxylation sites is 1. The van der Waals surface area contributed by atoms with Gasteiger partial charge in [-0.1, -0.05) is 79.7 Å². The van der Waals surface area contributed by atoms with E-state index >= 15 is 0 Å². The molecule has 0 fully saturated rings. The van der Waals surface area contributed by atoms with Crippen molar-refractivity contribution in [3.63, 3.8) is 0 Å². The number of halogens is 1. The van der Waals surface area contributed by atoms with Crippen molar-refractivity contribution in [1.82, 2.24) is 10.2 Å². The summed E-state index contributed by atoms with van der Waals surface area (Å²) in [6, 6.07) is 24.9. The largest absolute Gasteiger partial charge is 0.354 e. The molecule has 2 amide bonds. The van der Waals surface area contributed by atoms with Gasteiger partial charge in [0.05, 0.1) is 11.9 Å². The number of amides is 2. The van der Waals surface area contributed by atoms with E-state index in [0.717, 1.165) is 28.1 Å². The van der Waals surface area contributed by atoms with Gasteiger partial charge in [-0.25, -0.2) is 8.42 Å². The van der Waals surface area contributed by atoms with Gasteiger partial charge in [-0.15, -0.1) is 0 Å². The Morgan fingerprint density at radius 2 is 1.46 bits per heavy atom. The molecule has 0 aromatic heterocycles. The maximum Gasteiger partial charge on any atom is 0.244 e. The van der Waals surface area contributed by atoms with Gasteiger partial charge in [-0.2, -0.15) is 0 Å². The number of anilines is 1. The third-order valence-corrected chi connectivity index (χ3v) is 7.61. The first-order valence-electron chi connectivity index (χ1n) is 12.1. The van der Waals surface area contributed by atoms with Crippen molar-refractivity contribution in [1.29, 1.82) is 0 Å². The first-order valence-corrected chi connectivity index (χ1v) is 14.7. The molecule has 196 valence electrons. The summed E-state index contributed by atoms with van der Waals surface area (Å²) in [5.41, 5.74) is 2.09. The van der Waals surface area contributed by atoms with Crippen LogP contribution in [0.3, 0.4) is 0 Å². The molecule has 3 rings (SSSR count). The van der Waals surface area contributed by atoms with Crippen LogP contribution < -0.4 is 9.62 Å². The SMILES string of the molecule is CCCNC(=O)C(Cc1ccccc1)N(Cc1ccccc1)C(=O)CN(c1ccccc1Br)S(C)(=O)=O. The van der Waals surface area contributed by atoms with Crippen molar-refractivity contribution in [2.24, 2.45) is 0 Å². The quantitative estimate of drug-likeness (QED) is 0.342. The van der Waals surface area contributed by atoms with Gasteiger partial charge in [0.1, 0.15) is 12.6 Å². The molecule has 9 heteroatoms. The molecule has 37 heavy (non-hydrogen) atoms. The van der Waals surface area contributed by atoms with Gasteiger partial charge in [0.2, 0.25) is 21.8 Å². The number of carbonyl (C=O) groups excluding carboxylic acids is 2. The van der Waals surface area contributed by atoms with Crippen LogP contribution in [-0.4, -0.2) is 50.5 Å². The van der Waals surface area contributed by atoms with E-state index in [4.69, 9.17) is 0 Å². The fourth-order valence-electron chi connectivity index (χ4n) is 3.95. The molecule has 7 nitrogen and oxygen atoms in total. The second kappa shape index (κ2) is 13.4. The van der Waals surface area contributed by atoms with Crippen LogP contribution in [-0.2, 0) is 32.6 Å². The molecule has 1 N–H and O–H groups in total. The van der Waals surface area contributed by atoms with Crippen LogP contribution >= 0.6 is 15.9 Å². The highest BCUT2D eigenvalue weighted by molar-refractivity contribution is 9.10. The van der Waals surface area contributed by atoms with Crippen LogP contribution in [0.2, 0.25) is 0 Å². The Kier molecular flexibility index (Phi) is 10.3. The molecule has 0 spiro atoms. The second-order valence-corrected chi connectivity index (χ2v) is 11.5. The van der Waals surface area contributed by atoms with E-state index < -0.39 is 28.5 Å². The van der Waals surface area contributed by atoms with E-state index in [-0.39, 0.29) is 12.5 Å². The number of carbonyl (C=O) groups is 2. The number of hydrogen-bond acceptors (Lipinski definition) is 4. The normalized spacial score (nSPS) is 12.0. The zero-order valence-electron chi connectivity index (χ0n) is 21.0. The summed E-state index contributed by atoms with van der Waals surface area (Å²) in [7, 11) is -3.81. The zero-order valence-corrected chi connectivity index (χ0v) is 23.4. The van der Waals surface area contributed by atoms with Crippen molar-refractivity contribution in [3.05, 3.63) is 101 Å². The number of hydrogen-bond donors (Lipinski definition) is 1. The topological polar surface area (TPSA) is 86.8 Å². The Labute approximate surface area is 227 Å². The smallest absolute Gasteiger partial charge is 0.244 e. The van der Waals surface area contributed by atoms with E-state index in [2.05, 4.69) is 21.2 Å². The van der Waals surface area contributed by atoms with Gasteiger partial charge < -0.3 is 10.2 Å². The van der Waals surface area contributed by atoms with Gasteiger partial charge in [0.15, 0.2) is 0 Å². The second-order valence-electron chi connectivity index (χ2n) is 8.72. The molecule has 0 heterocycles. The first-order chi connectivity index (χ1) is 17.7. The third-order valence-electron chi connectivity index (χ3n) is 5.82. The van der Waals surface area contributed by atoms with E-state index in [9.17, 15) is 18.0 Å². The van der Waals surface area contributed by atoms with E-state index in [0.29, 0.717) is 23.1 Å². The van der Waals surface area contributed by atoms with Crippen molar-refractivity contribution < 1.29 is 18.0 Å². The lowest BCUT2D eigenvalue weighted by Gasteiger charge is -2.33. The molecule has 1 atom stereocenters. The maximum atomic E-state index is 13.9. The maximum absolute atomic E-state index is 13.9. The zero-order chi connectivity index (χ0) is 26.8. The van der Waals surface area contributed by atoms with Crippen molar-refractivity contribution in [3.8, 4) is 0 Å². The van der Waals surface area contributed by atoms with Gasteiger partial charge in [0, 0.05) is 24.0 Å². The molecule has 0 bridgehead atoms. The molecular formula is C28H32BrN3O4S. The number of nitrogens with one attached hydrogen (secondary N) is 1. The molecule has 0 aliphatic carbocycles. The van der Waals surface area contributed by atoms with Crippen LogP contribution in [0.1, 0.15) is 24.5 Å². The predicted octanol–water partition coefficient (Wildman–Crippen LogP) is 4.38. The number of benzene rings is 3. The van der Waals surface area contributed by atoms with E-state index in [1.165, 1.54) is 4.90 Å². The van der Waals surface area contributed by atoms with Gasteiger partial charge in [0.25, 0.3) is 0 Å². The summed E-state index contributed by atoms with van der Waals surface area (Å²) in [5, 5.41) is 2.93. The lowest BCUT2D eigenvalue weighted by Crippen LogP contribution is -2.53. The van der Waals surface area contributed by atoms with E-state index in [1.54, 1.807) is 24.3 Å². The molecule has 3 aromatic carbocycles. The van der Waals surface area contributed by atoms with Crippen LogP contribution in [0.15, 0.2) is 89.4 Å². The lowest BCUT2D eigenvalue weighted by atomic mass is 10.0. The minimum Gasteiger partial charge on any atom is -0.354 e. The summed E-state index contributed by atoms with van der Waals surface area (Å²) >= 11 is 3.40. The highest BCUT2D eigenvalue weighted by atomic mass is 79.9. The molecule has 1 unspecified atom stereocenters. The van der Waals surface area contributed by atoms with Gasteiger partial charge in [-0.05, 0) is 45.6 Å². The first kappa shape index (κ1) is 28.4. The monoisotopic (exact) mass is 585 g/mol. The molecule has 0 saturated carbocycles. The third kappa shape index (κ3) is 8.16. The molecule has 0 saturated heterocycles. The highest BCUT2D eigenvalue weighted by Crippen LogP contribution is 2.28. The Morgan fingerprint density at radius 3 is 2.03 bits per heavy atom. The predicted molar refractivity (Wildman–Crippen MR) is 151 cm³/mol. The number of sulfonamides is 1. The van der Waals surface area contributed by atoms with Crippen LogP contribution in [0.5, 0.6) is 0 Å². The van der Waals surface area contributed by atoms with Crippen LogP contribution in [0.4, 0.5) is 5.69 Å². The Balaban J connectivity index is 2.03. The van der Waals surface area contributed by atoms with Crippen molar-refractivity contribution >= 4 is 43.5 Å². The lowest BCUT2D eigenvalue weighted by molar-refractivity contribution is -0.140. The molecule has 3 aromatic rings. The fourth-order valence-corrected chi connectivity index (χ4v) is 5.43. The summed E-state index contributed by atoms with van der Waals surface area (Å²) in [6.45, 7) is 2.15. The Bertz CT molecular complexity index is 1290. The number of nitrogens with zero attached hydrogens (tertiary/aromatic N) is 2. The Morgan fingerprint density at radius 1 is 0.892 bits per heavy atom. The molecule has 0 aliphatic rings. The molecular weight excluding hydrogens is 554 g/mol. The average molecular weight is 587 g/mol. The Hall–Kier alpha value is -3.17. The summed E-state index contributed by atoms with van der Waals surface area (Å²) in [4.78, 5) is 28.8. The summed E-state index contributed by atoms with van der Waals surface area (Å²) in [6.07, 6.45) is 2.11. The minimum atomic E-state index is -3.81. The molecule has 0 aliphatic heterocycles. The number of rotatable bonds is 12. The van der Waals surface area contributed by atoms with Gasteiger partial charge >= 0.3 is 0 Å². The average Bonchev–Trinajstić information content (AvgIpc) is 2.89. The van der Waals surface area contributed by atoms with Crippen molar-refractivity contribution in [2.75, 3.05) is 23.7 Å². The minimum absolute atomic E-state index is 0.157. The van der Waals surface area contributed by atoms with Crippen molar-refractivity contribution in [2.45, 2.75) is 32.4 Å². The summed E-state index contributed by atoms with van der Waals surface area (Å²) < 4.78 is 27.2. The fraction of sp³-hybridized carbons (Fsp3) is 0.286. The van der Waals surface area contributed by atoms with Crippen LogP contribution in [0, 0.1) is 0 Å². The van der Waals surface area contributed by atoms with Gasteiger partial charge in [-0.3, -0.25) is 13.9 Å². The van der Waals surface area contributed by atoms with E-state index in [1.807, 2.05) is 67.6 Å². The standard InChI is InChI=1S/C28H32BrN3O4S/c1-3-18-30-28(34)26(19-22-12-6-4-7-13-22)31(20-23-14-8-5-9-15-23)27(33)21-32(37(2,35)36)25-17-11-10-16-24(25)29/h4-17,26H,3,18-21H2,1-2H3,(H,30,34).